The second kappa shape index (κ2) is 8.49. The van der Waals surface area contributed by atoms with E-state index in [4.69, 9.17) is 4.74 Å². The van der Waals surface area contributed by atoms with Crippen molar-refractivity contribution in [2.24, 2.45) is 0 Å². The molecule has 0 spiro atoms. The van der Waals surface area contributed by atoms with Gasteiger partial charge in [0.15, 0.2) is 0 Å². The fourth-order valence-corrected chi connectivity index (χ4v) is 3.17. The molecular weight excluding hydrogens is 364 g/mol. The third-order valence-corrected chi connectivity index (χ3v) is 4.65. The van der Waals surface area contributed by atoms with E-state index in [-0.39, 0.29) is 0 Å². The van der Waals surface area contributed by atoms with E-state index in [1.807, 2.05) is 12.1 Å². The van der Waals surface area contributed by atoms with Crippen molar-refractivity contribution in [2.45, 2.75) is 26.4 Å². The largest absolute Gasteiger partial charge is 0.379 e. The number of carbonyl (C=O) groups is 4. The Morgan fingerprint density at radius 1 is 1.07 bits per heavy atom. The lowest BCUT2D eigenvalue weighted by Crippen LogP contribution is -2.40. The number of nitrogens with zero attached hydrogens (tertiary/aromatic N) is 3. The molecule has 150 valence electrons. The molecule has 9 nitrogen and oxygen atoms in total. The molecule has 2 aliphatic rings. The average Bonchev–Trinajstić information content (AvgIpc) is 2.87. The molecule has 5 amide bonds. The lowest BCUT2D eigenvalue weighted by Gasteiger charge is -2.26. The van der Waals surface area contributed by atoms with Crippen LogP contribution in [0.15, 0.2) is 24.3 Å². The number of benzene rings is 1. The van der Waals surface area contributed by atoms with Gasteiger partial charge in [0.1, 0.15) is 6.54 Å². The lowest BCUT2D eigenvalue weighted by molar-refractivity contribution is -0.144. The van der Waals surface area contributed by atoms with Crippen LogP contribution in [0, 0.1) is 0 Å². The van der Waals surface area contributed by atoms with Gasteiger partial charge in [-0.3, -0.25) is 24.2 Å². The molecule has 2 heterocycles. The van der Waals surface area contributed by atoms with E-state index in [2.05, 4.69) is 10.2 Å². The van der Waals surface area contributed by atoms with Crippen LogP contribution in [-0.2, 0) is 25.7 Å². The van der Waals surface area contributed by atoms with Gasteiger partial charge in [-0.25, -0.2) is 9.69 Å². The molecule has 0 aromatic heterocycles. The van der Waals surface area contributed by atoms with Crippen LogP contribution in [-0.4, -0.2) is 77.3 Å². The van der Waals surface area contributed by atoms with Crippen LogP contribution in [0.4, 0.5) is 10.5 Å². The lowest BCUT2D eigenvalue weighted by atomic mass is 10.2. The molecule has 28 heavy (non-hydrogen) atoms. The Hall–Kier alpha value is -2.78. The number of imide groups is 2. The number of ether oxygens (including phenoxy) is 1. The maximum absolute atomic E-state index is 12.2. The Balaban J connectivity index is 1.55. The summed E-state index contributed by atoms with van der Waals surface area (Å²) in [6.45, 7) is 6.82. The Labute approximate surface area is 163 Å². The second-order valence-electron chi connectivity index (χ2n) is 7.08. The van der Waals surface area contributed by atoms with Gasteiger partial charge in [0.25, 0.3) is 0 Å². The smallest absolute Gasteiger partial charge is 0.334 e. The summed E-state index contributed by atoms with van der Waals surface area (Å²) in [5.41, 5.74) is 1.67. The number of morpholine rings is 1. The summed E-state index contributed by atoms with van der Waals surface area (Å²) in [5, 5.41) is 2.65. The summed E-state index contributed by atoms with van der Waals surface area (Å²) in [6, 6.07) is 6.17. The zero-order chi connectivity index (χ0) is 20.3. The molecule has 2 saturated heterocycles. The third kappa shape index (κ3) is 4.37. The van der Waals surface area contributed by atoms with Gasteiger partial charge < -0.3 is 10.1 Å². The van der Waals surface area contributed by atoms with Gasteiger partial charge in [0, 0.05) is 31.4 Å². The monoisotopic (exact) mass is 388 g/mol. The Morgan fingerprint density at radius 2 is 1.71 bits per heavy atom. The molecule has 1 aromatic rings. The summed E-state index contributed by atoms with van der Waals surface area (Å²) in [5.74, 6) is -2.42. The van der Waals surface area contributed by atoms with Crippen LogP contribution in [0.25, 0.3) is 0 Å². The molecule has 0 radical (unpaired) electrons. The molecule has 1 aromatic carbocycles. The first-order valence-corrected chi connectivity index (χ1v) is 9.24. The predicted octanol–water partition coefficient (Wildman–Crippen LogP) is 0.657. The quantitative estimate of drug-likeness (QED) is 0.568. The molecule has 3 rings (SSSR count). The molecule has 1 N–H and O–H groups in total. The van der Waals surface area contributed by atoms with Crippen LogP contribution in [0.2, 0.25) is 0 Å². The van der Waals surface area contributed by atoms with Crippen molar-refractivity contribution in [1.82, 2.24) is 14.7 Å². The SMILES string of the molecule is CC(C)N1C(=O)C(=O)N(CC(=O)Nc2ccc(CN3CCOCC3)cc2)C1=O. The minimum atomic E-state index is -0.977. The Bertz CT molecular complexity index is 771. The predicted molar refractivity (Wildman–Crippen MR) is 100 cm³/mol. The van der Waals surface area contributed by atoms with E-state index in [1.165, 1.54) is 0 Å². The number of rotatable bonds is 6. The summed E-state index contributed by atoms with van der Waals surface area (Å²) in [6.07, 6.45) is 0. The highest BCUT2D eigenvalue weighted by molar-refractivity contribution is 6.45. The fraction of sp³-hybridized carbons (Fsp3) is 0.474. The summed E-state index contributed by atoms with van der Waals surface area (Å²) in [4.78, 5) is 52.1. The highest BCUT2D eigenvalue weighted by Gasteiger charge is 2.46. The molecule has 0 saturated carbocycles. The standard InChI is InChI=1S/C19H24N4O5/c1-13(2)23-18(26)17(25)22(19(23)27)12-16(24)20-15-5-3-14(4-6-15)11-21-7-9-28-10-8-21/h3-6,13H,7-12H2,1-2H3,(H,20,24). The van der Waals surface area contributed by atoms with E-state index in [0.29, 0.717) is 10.6 Å². The highest BCUT2D eigenvalue weighted by Crippen LogP contribution is 2.16. The van der Waals surface area contributed by atoms with Gasteiger partial charge in [0.2, 0.25) is 5.91 Å². The van der Waals surface area contributed by atoms with Crippen LogP contribution in [0.1, 0.15) is 19.4 Å². The molecule has 0 unspecified atom stereocenters. The summed E-state index contributed by atoms with van der Waals surface area (Å²) >= 11 is 0. The minimum Gasteiger partial charge on any atom is -0.379 e. The average molecular weight is 388 g/mol. The number of anilines is 1. The highest BCUT2D eigenvalue weighted by atomic mass is 16.5. The topological polar surface area (TPSA) is 99.3 Å². The fourth-order valence-electron chi connectivity index (χ4n) is 3.17. The van der Waals surface area contributed by atoms with Crippen molar-refractivity contribution in [2.75, 3.05) is 38.2 Å². The van der Waals surface area contributed by atoms with Crippen molar-refractivity contribution in [3.05, 3.63) is 29.8 Å². The van der Waals surface area contributed by atoms with Crippen LogP contribution in [0.3, 0.4) is 0 Å². The third-order valence-electron chi connectivity index (χ3n) is 4.65. The summed E-state index contributed by atoms with van der Waals surface area (Å²) < 4.78 is 5.33. The van der Waals surface area contributed by atoms with Crippen LogP contribution in [0.5, 0.6) is 0 Å². The van der Waals surface area contributed by atoms with Crippen molar-refractivity contribution in [3.63, 3.8) is 0 Å². The van der Waals surface area contributed by atoms with E-state index in [9.17, 15) is 19.2 Å². The van der Waals surface area contributed by atoms with Crippen molar-refractivity contribution in [1.29, 1.82) is 0 Å². The molecule has 0 aliphatic carbocycles. The van der Waals surface area contributed by atoms with Crippen molar-refractivity contribution >= 4 is 29.4 Å². The Morgan fingerprint density at radius 3 is 2.29 bits per heavy atom. The van der Waals surface area contributed by atoms with E-state index in [1.54, 1.807) is 26.0 Å². The van der Waals surface area contributed by atoms with Gasteiger partial charge >= 0.3 is 17.8 Å². The van der Waals surface area contributed by atoms with Gasteiger partial charge in [-0.1, -0.05) is 12.1 Å². The van der Waals surface area contributed by atoms with Crippen LogP contribution < -0.4 is 5.32 Å². The Kier molecular flexibility index (Phi) is 6.05. The molecule has 9 heteroatoms. The number of amides is 5. The van der Waals surface area contributed by atoms with E-state index in [0.717, 1.165) is 43.3 Å². The maximum atomic E-state index is 12.2. The number of hydrogen-bond acceptors (Lipinski definition) is 6. The van der Waals surface area contributed by atoms with E-state index < -0.39 is 36.3 Å². The van der Waals surface area contributed by atoms with E-state index >= 15 is 0 Å². The first-order chi connectivity index (χ1) is 13.4. The van der Waals surface area contributed by atoms with Crippen molar-refractivity contribution < 1.29 is 23.9 Å². The van der Waals surface area contributed by atoms with Crippen LogP contribution >= 0.6 is 0 Å². The summed E-state index contributed by atoms with van der Waals surface area (Å²) in [7, 11) is 0. The minimum absolute atomic E-state index is 0.448. The van der Waals surface area contributed by atoms with Crippen molar-refractivity contribution in [3.8, 4) is 0 Å². The maximum Gasteiger partial charge on any atom is 0.334 e. The number of carbonyl (C=O) groups excluding carboxylic acids is 4. The van der Waals surface area contributed by atoms with Gasteiger partial charge in [-0.15, -0.1) is 0 Å². The number of nitrogens with one attached hydrogen (secondary N) is 1. The molecule has 2 aliphatic heterocycles. The molecule has 2 fully saturated rings. The zero-order valence-electron chi connectivity index (χ0n) is 16.0. The van der Waals surface area contributed by atoms with Gasteiger partial charge in [0.05, 0.1) is 13.2 Å². The number of urea groups is 1. The normalized spacial score (nSPS) is 18.3. The number of hydrogen-bond donors (Lipinski definition) is 1. The first kappa shape index (κ1) is 20.0. The molecule has 0 atom stereocenters. The first-order valence-electron chi connectivity index (χ1n) is 9.24. The molecule has 0 bridgehead atoms. The van der Waals surface area contributed by atoms with Gasteiger partial charge in [-0.2, -0.15) is 0 Å². The molecular formula is C19H24N4O5. The van der Waals surface area contributed by atoms with Gasteiger partial charge in [-0.05, 0) is 31.5 Å². The second-order valence-corrected chi connectivity index (χ2v) is 7.08. The zero-order valence-corrected chi connectivity index (χ0v) is 16.0.